The van der Waals surface area contributed by atoms with Gasteiger partial charge in [0.1, 0.15) is 6.10 Å². The van der Waals surface area contributed by atoms with Gasteiger partial charge in [-0.05, 0) is 25.7 Å². The largest absolute Gasteiger partial charge is 0.466 e. The summed E-state index contributed by atoms with van der Waals surface area (Å²) in [6.07, 6.45) is 10.7. The second kappa shape index (κ2) is 15.8. The highest BCUT2D eigenvalue weighted by atomic mass is 16.5. The van der Waals surface area contributed by atoms with Gasteiger partial charge >= 0.3 is 11.9 Å². The van der Waals surface area contributed by atoms with Gasteiger partial charge in [0.2, 0.25) is 0 Å². The van der Waals surface area contributed by atoms with Crippen LogP contribution in [0.4, 0.5) is 0 Å². The minimum atomic E-state index is -0.202. The van der Waals surface area contributed by atoms with Gasteiger partial charge in [-0.15, -0.1) is 0 Å². The van der Waals surface area contributed by atoms with Crippen LogP contribution >= 0.6 is 0 Å². The molecule has 0 saturated heterocycles. The van der Waals surface area contributed by atoms with Crippen molar-refractivity contribution in [2.45, 2.75) is 104 Å². The molecular formula is C19H36O4. The van der Waals surface area contributed by atoms with Crippen molar-refractivity contribution in [1.82, 2.24) is 0 Å². The Kier molecular flexibility index (Phi) is 15.1. The van der Waals surface area contributed by atoms with Crippen LogP contribution in [0.1, 0.15) is 97.8 Å². The van der Waals surface area contributed by atoms with Gasteiger partial charge in [-0.3, -0.25) is 9.59 Å². The molecule has 4 heteroatoms. The zero-order valence-electron chi connectivity index (χ0n) is 15.4. The number of ether oxygens (including phenoxy) is 2. The Bertz CT molecular complexity index is 296. The van der Waals surface area contributed by atoms with Crippen molar-refractivity contribution in [3.63, 3.8) is 0 Å². The Morgan fingerprint density at radius 3 is 1.96 bits per heavy atom. The third kappa shape index (κ3) is 14.3. The minimum Gasteiger partial charge on any atom is -0.466 e. The van der Waals surface area contributed by atoms with E-state index >= 15 is 0 Å². The third-order valence-corrected chi connectivity index (χ3v) is 3.79. The lowest BCUT2D eigenvalue weighted by molar-refractivity contribution is -0.150. The first kappa shape index (κ1) is 21.9. The van der Waals surface area contributed by atoms with Crippen molar-refractivity contribution in [3.05, 3.63) is 0 Å². The maximum Gasteiger partial charge on any atom is 0.306 e. The van der Waals surface area contributed by atoms with Crippen LogP contribution in [-0.4, -0.2) is 24.6 Å². The summed E-state index contributed by atoms with van der Waals surface area (Å²) in [5.74, 6) is -0.392. The normalized spacial score (nSPS) is 10.8. The van der Waals surface area contributed by atoms with Crippen LogP contribution in [0.3, 0.4) is 0 Å². The van der Waals surface area contributed by atoms with E-state index in [1.165, 1.54) is 19.3 Å². The maximum atomic E-state index is 11.8. The molecule has 23 heavy (non-hydrogen) atoms. The van der Waals surface area contributed by atoms with Gasteiger partial charge in [-0.1, -0.05) is 59.3 Å². The standard InChI is InChI=1S/C19H36O4/c1-4-7-8-9-10-16-22-18(20)14-11-15-19(21)23-17(12-5-2)13-6-3/h17H,4-16H2,1-3H3. The van der Waals surface area contributed by atoms with E-state index in [0.29, 0.717) is 25.9 Å². The fraction of sp³-hybridized carbons (Fsp3) is 0.895. The Hall–Kier alpha value is -1.06. The number of carbonyl (C=O) groups is 2. The molecule has 0 spiro atoms. The highest BCUT2D eigenvalue weighted by Gasteiger charge is 2.13. The average Bonchev–Trinajstić information content (AvgIpc) is 2.51. The quantitative estimate of drug-likeness (QED) is 0.307. The number of hydrogen-bond acceptors (Lipinski definition) is 4. The van der Waals surface area contributed by atoms with Gasteiger partial charge in [0.25, 0.3) is 0 Å². The van der Waals surface area contributed by atoms with Gasteiger partial charge in [0.15, 0.2) is 0 Å². The lowest BCUT2D eigenvalue weighted by atomic mass is 10.1. The molecule has 0 aromatic heterocycles. The summed E-state index contributed by atoms with van der Waals surface area (Å²) in [5, 5.41) is 0. The van der Waals surface area contributed by atoms with Crippen LogP contribution in [0.15, 0.2) is 0 Å². The summed E-state index contributed by atoms with van der Waals surface area (Å²) in [6.45, 7) is 6.86. The van der Waals surface area contributed by atoms with E-state index in [9.17, 15) is 9.59 Å². The van der Waals surface area contributed by atoms with Crippen LogP contribution in [0.5, 0.6) is 0 Å². The molecule has 0 bridgehead atoms. The summed E-state index contributed by atoms with van der Waals surface area (Å²) in [6, 6.07) is 0. The maximum absolute atomic E-state index is 11.8. The van der Waals surface area contributed by atoms with E-state index in [0.717, 1.165) is 38.5 Å². The monoisotopic (exact) mass is 328 g/mol. The molecule has 0 aromatic carbocycles. The summed E-state index contributed by atoms with van der Waals surface area (Å²) < 4.78 is 10.6. The molecule has 0 aliphatic heterocycles. The minimum absolute atomic E-state index is 0.0348. The van der Waals surface area contributed by atoms with Gasteiger partial charge < -0.3 is 9.47 Å². The lowest BCUT2D eigenvalue weighted by Gasteiger charge is -2.16. The van der Waals surface area contributed by atoms with Crippen LogP contribution < -0.4 is 0 Å². The number of hydrogen-bond donors (Lipinski definition) is 0. The second-order valence-electron chi connectivity index (χ2n) is 6.18. The highest BCUT2D eigenvalue weighted by molar-refractivity contribution is 5.72. The Morgan fingerprint density at radius 1 is 0.739 bits per heavy atom. The molecule has 0 N–H and O–H groups in total. The van der Waals surface area contributed by atoms with Crippen LogP contribution in [-0.2, 0) is 19.1 Å². The number of rotatable bonds is 15. The molecule has 0 radical (unpaired) electrons. The van der Waals surface area contributed by atoms with Crippen molar-refractivity contribution in [3.8, 4) is 0 Å². The van der Waals surface area contributed by atoms with E-state index < -0.39 is 0 Å². The van der Waals surface area contributed by atoms with E-state index in [4.69, 9.17) is 9.47 Å². The Morgan fingerprint density at radius 2 is 1.35 bits per heavy atom. The summed E-state index contributed by atoms with van der Waals surface area (Å²) in [7, 11) is 0. The zero-order chi connectivity index (χ0) is 17.3. The molecule has 4 nitrogen and oxygen atoms in total. The predicted octanol–water partition coefficient (Wildman–Crippen LogP) is 5.18. The molecular weight excluding hydrogens is 292 g/mol. The summed E-state index contributed by atoms with van der Waals surface area (Å²) >= 11 is 0. The van der Waals surface area contributed by atoms with Crippen molar-refractivity contribution in [2.75, 3.05) is 6.61 Å². The number of unbranched alkanes of at least 4 members (excludes halogenated alkanes) is 4. The molecule has 0 rings (SSSR count). The van der Waals surface area contributed by atoms with E-state index in [2.05, 4.69) is 20.8 Å². The highest BCUT2D eigenvalue weighted by Crippen LogP contribution is 2.11. The van der Waals surface area contributed by atoms with Crippen LogP contribution in [0, 0.1) is 0 Å². The molecule has 0 heterocycles. The van der Waals surface area contributed by atoms with Gasteiger partial charge in [0.05, 0.1) is 6.61 Å². The SMILES string of the molecule is CCCCCCCOC(=O)CCCC(=O)OC(CCC)CCC. The molecule has 0 fully saturated rings. The van der Waals surface area contributed by atoms with Crippen molar-refractivity contribution >= 4 is 11.9 Å². The smallest absolute Gasteiger partial charge is 0.306 e. The molecule has 0 amide bonds. The molecule has 0 aliphatic rings. The number of carbonyl (C=O) groups excluding carboxylic acids is 2. The predicted molar refractivity (Wildman–Crippen MR) is 93.3 cm³/mol. The van der Waals surface area contributed by atoms with Gasteiger partial charge in [-0.2, -0.15) is 0 Å². The first-order valence-electron chi connectivity index (χ1n) is 9.49. The lowest BCUT2D eigenvalue weighted by Crippen LogP contribution is -2.18. The third-order valence-electron chi connectivity index (χ3n) is 3.79. The fourth-order valence-corrected chi connectivity index (χ4v) is 2.49. The molecule has 0 unspecified atom stereocenters. The van der Waals surface area contributed by atoms with Crippen molar-refractivity contribution in [1.29, 1.82) is 0 Å². The Labute approximate surface area is 142 Å². The molecule has 136 valence electrons. The topological polar surface area (TPSA) is 52.6 Å². The van der Waals surface area contributed by atoms with Crippen molar-refractivity contribution in [2.24, 2.45) is 0 Å². The Balaban J connectivity index is 3.63. The van der Waals surface area contributed by atoms with Gasteiger partial charge in [0, 0.05) is 12.8 Å². The van der Waals surface area contributed by atoms with E-state index in [-0.39, 0.29) is 18.0 Å². The van der Waals surface area contributed by atoms with Gasteiger partial charge in [-0.25, -0.2) is 0 Å². The molecule has 0 saturated carbocycles. The second-order valence-corrected chi connectivity index (χ2v) is 6.18. The first-order valence-corrected chi connectivity index (χ1v) is 9.49. The molecule has 0 aromatic rings. The first-order chi connectivity index (χ1) is 11.1. The zero-order valence-corrected chi connectivity index (χ0v) is 15.4. The molecule has 0 aliphatic carbocycles. The number of esters is 2. The molecule has 0 atom stereocenters. The van der Waals surface area contributed by atoms with Crippen LogP contribution in [0.2, 0.25) is 0 Å². The summed E-state index contributed by atoms with van der Waals surface area (Å²) in [5.41, 5.74) is 0. The van der Waals surface area contributed by atoms with Crippen molar-refractivity contribution < 1.29 is 19.1 Å². The fourth-order valence-electron chi connectivity index (χ4n) is 2.49. The van der Waals surface area contributed by atoms with E-state index in [1.807, 2.05) is 0 Å². The average molecular weight is 328 g/mol. The van der Waals surface area contributed by atoms with E-state index in [1.54, 1.807) is 0 Å². The van der Waals surface area contributed by atoms with Crippen LogP contribution in [0.25, 0.3) is 0 Å². The summed E-state index contributed by atoms with van der Waals surface area (Å²) in [4.78, 5) is 23.3.